The Balaban J connectivity index is 2.96. The van der Waals surface area contributed by atoms with Crippen LogP contribution in [-0.4, -0.2) is 5.97 Å². The predicted octanol–water partition coefficient (Wildman–Crippen LogP) is 2.55. The Morgan fingerprint density at radius 1 is 1.43 bits per heavy atom. The lowest BCUT2D eigenvalue weighted by Crippen LogP contribution is -2.05. The Morgan fingerprint density at radius 2 is 2.00 bits per heavy atom. The van der Waals surface area contributed by atoms with Crippen LogP contribution < -0.4 is 4.74 Å². The molecule has 0 atom stereocenters. The van der Waals surface area contributed by atoms with E-state index in [0.717, 1.165) is 11.1 Å². The van der Waals surface area contributed by atoms with Gasteiger partial charge in [-0.2, -0.15) is 0 Å². The van der Waals surface area contributed by atoms with Crippen LogP contribution in [-0.2, 0) is 4.79 Å². The molecule has 1 aromatic carbocycles. The molecule has 0 saturated heterocycles. The van der Waals surface area contributed by atoms with Crippen molar-refractivity contribution in [3.63, 3.8) is 0 Å². The van der Waals surface area contributed by atoms with Gasteiger partial charge < -0.3 is 4.74 Å². The molecule has 0 saturated carbocycles. The predicted molar refractivity (Wildman–Crippen MR) is 55.3 cm³/mol. The third kappa shape index (κ3) is 2.35. The van der Waals surface area contributed by atoms with Crippen LogP contribution >= 0.6 is 0 Å². The summed E-state index contributed by atoms with van der Waals surface area (Å²) in [5.41, 5.74) is 4.26. The van der Waals surface area contributed by atoms with E-state index < -0.39 is 5.97 Å². The second-order valence-corrected chi connectivity index (χ2v) is 2.99. The number of hydrogen-bond donors (Lipinski definition) is 0. The standard InChI is InChI=1S/C12H12O2/c1-4-6-11(13)14-12-9(2)7-5-8-10(12)3/h5-8H,1H2,2-3H3. The van der Waals surface area contributed by atoms with Crippen LogP contribution in [0.3, 0.4) is 0 Å². The zero-order valence-electron chi connectivity index (χ0n) is 8.33. The number of carbonyl (C=O) groups is 1. The lowest BCUT2D eigenvalue weighted by atomic mass is 10.1. The lowest BCUT2D eigenvalue weighted by molar-refractivity contribution is -0.129. The van der Waals surface area contributed by atoms with Gasteiger partial charge in [0.05, 0.1) is 6.08 Å². The van der Waals surface area contributed by atoms with E-state index in [9.17, 15) is 4.79 Å². The van der Waals surface area contributed by atoms with E-state index in [0.29, 0.717) is 5.75 Å². The van der Waals surface area contributed by atoms with Crippen molar-refractivity contribution in [3.05, 3.63) is 47.7 Å². The Bertz CT molecular complexity index is 379. The summed E-state index contributed by atoms with van der Waals surface area (Å²) in [6.45, 7) is 7.10. The number of benzene rings is 1. The van der Waals surface area contributed by atoms with Crippen molar-refractivity contribution in [2.75, 3.05) is 0 Å². The minimum atomic E-state index is -0.447. The first-order chi connectivity index (χ1) is 6.65. The normalized spacial score (nSPS) is 9.00. The van der Waals surface area contributed by atoms with E-state index in [4.69, 9.17) is 4.74 Å². The second-order valence-electron chi connectivity index (χ2n) is 2.99. The summed E-state index contributed by atoms with van der Waals surface area (Å²) in [6.07, 6.45) is 1.17. The van der Waals surface area contributed by atoms with Crippen molar-refractivity contribution in [3.8, 4) is 5.75 Å². The number of para-hydroxylation sites is 1. The van der Waals surface area contributed by atoms with Gasteiger partial charge in [-0.25, -0.2) is 4.79 Å². The second kappa shape index (κ2) is 4.45. The molecule has 2 nitrogen and oxygen atoms in total. The van der Waals surface area contributed by atoms with Gasteiger partial charge in [-0.15, -0.1) is 5.73 Å². The third-order valence-corrected chi connectivity index (χ3v) is 1.83. The average Bonchev–Trinajstić information content (AvgIpc) is 2.12. The molecule has 0 aliphatic carbocycles. The van der Waals surface area contributed by atoms with E-state index >= 15 is 0 Å². The van der Waals surface area contributed by atoms with Crippen molar-refractivity contribution in [1.82, 2.24) is 0 Å². The molecular weight excluding hydrogens is 176 g/mol. The molecule has 0 aliphatic rings. The Kier molecular flexibility index (Phi) is 3.27. The van der Waals surface area contributed by atoms with Gasteiger partial charge in [0.1, 0.15) is 5.75 Å². The van der Waals surface area contributed by atoms with E-state index in [1.165, 1.54) is 6.08 Å². The van der Waals surface area contributed by atoms with Crippen molar-refractivity contribution in [1.29, 1.82) is 0 Å². The molecule has 1 aromatic rings. The smallest absolute Gasteiger partial charge is 0.343 e. The number of hydrogen-bond acceptors (Lipinski definition) is 2. The van der Waals surface area contributed by atoms with Crippen LogP contribution in [0.5, 0.6) is 5.75 Å². The number of aryl methyl sites for hydroxylation is 2. The highest BCUT2D eigenvalue weighted by Crippen LogP contribution is 2.22. The van der Waals surface area contributed by atoms with Gasteiger partial charge in [0.25, 0.3) is 0 Å². The molecule has 0 spiro atoms. The van der Waals surface area contributed by atoms with Crippen molar-refractivity contribution >= 4 is 5.97 Å². The fourth-order valence-electron chi connectivity index (χ4n) is 1.17. The highest BCUT2D eigenvalue weighted by atomic mass is 16.5. The topological polar surface area (TPSA) is 26.3 Å². The molecule has 0 fully saturated rings. The van der Waals surface area contributed by atoms with Crippen molar-refractivity contribution in [2.24, 2.45) is 0 Å². The minimum Gasteiger partial charge on any atom is -0.422 e. The molecule has 0 unspecified atom stereocenters. The molecule has 0 radical (unpaired) electrons. The van der Waals surface area contributed by atoms with Gasteiger partial charge in [0, 0.05) is 0 Å². The fourth-order valence-corrected chi connectivity index (χ4v) is 1.17. The fraction of sp³-hybridized carbons (Fsp3) is 0.167. The SMILES string of the molecule is C=C=CC(=O)Oc1c(C)cccc1C. The molecule has 0 N–H and O–H groups in total. The van der Waals surface area contributed by atoms with Crippen LogP contribution in [0.15, 0.2) is 36.6 Å². The summed E-state index contributed by atoms with van der Waals surface area (Å²) in [5, 5.41) is 0. The van der Waals surface area contributed by atoms with Crippen LogP contribution in [0.4, 0.5) is 0 Å². The molecule has 0 heterocycles. The maximum absolute atomic E-state index is 11.1. The average molecular weight is 188 g/mol. The van der Waals surface area contributed by atoms with E-state index in [1.54, 1.807) is 0 Å². The number of rotatable bonds is 2. The molecule has 14 heavy (non-hydrogen) atoms. The summed E-state index contributed by atoms with van der Waals surface area (Å²) >= 11 is 0. The first kappa shape index (κ1) is 10.3. The van der Waals surface area contributed by atoms with Crippen LogP contribution in [0.1, 0.15) is 11.1 Å². The van der Waals surface area contributed by atoms with Gasteiger partial charge in [-0.05, 0) is 25.0 Å². The Labute approximate surface area is 83.5 Å². The largest absolute Gasteiger partial charge is 0.422 e. The highest BCUT2D eigenvalue weighted by molar-refractivity contribution is 5.84. The number of ether oxygens (including phenoxy) is 1. The molecular formula is C12H12O2. The van der Waals surface area contributed by atoms with Gasteiger partial charge >= 0.3 is 5.97 Å². The summed E-state index contributed by atoms with van der Waals surface area (Å²) in [6, 6.07) is 5.71. The van der Waals surface area contributed by atoms with Gasteiger partial charge in [-0.1, -0.05) is 24.8 Å². The molecule has 0 amide bonds. The maximum Gasteiger partial charge on any atom is 0.343 e. The Hall–Kier alpha value is -1.79. The zero-order chi connectivity index (χ0) is 10.6. The zero-order valence-corrected chi connectivity index (χ0v) is 8.33. The summed E-state index contributed by atoms with van der Waals surface area (Å²) in [7, 11) is 0. The van der Waals surface area contributed by atoms with E-state index in [1.807, 2.05) is 32.0 Å². The van der Waals surface area contributed by atoms with Gasteiger partial charge in [0.15, 0.2) is 0 Å². The highest BCUT2D eigenvalue weighted by Gasteiger charge is 2.06. The van der Waals surface area contributed by atoms with Crippen molar-refractivity contribution < 1.29 is 9.53 Å². The lowest BCUT2D eigenvalue weighted by Gasteiger charge is -2.07. The molecule has 1 rings (SSSR count). The quantitative estimate of drug-likeness (QED) is 0.308. The first-order valence-electron chi connectivity index (χ1n) is 4.29. The third-order valence-electron chi connectivity index (χ3n) is 1.83. The maximum atomic E-state index is 11.1. The summed E-state index contributed by atoms with van der Waals surface area (Å²) in [5.74, 6) is 0.168. The minimum absolute atomic E-state index is 0.447. The van der Waals surface area contributed by atoms with Crippen LogP contribution in [0, 0.1) is 13.8 Å². The first-order valence-corrected chi connectivity index (χ1v) is 4.29. The van der Waals surface area contributed by atoms with Crippen molar-refractivity contribution in [2.45, 2.75) is 13.8 Å². The molecule has 0 aliphatic heterocycles. The Morgan fingerprint density at radius 3 is 2.50 bits per heavy atom. The molecule has 0 bridgehead atoms. The number of esters is 1. The van der Waals surface area contributed by atoms with E-state index in [2.05, 4.69) is 12.3 Å². The summed E-state index contributed by atoms with van der Waals surface area (Å²) < 4.78 is 5.12. The van der Waals surface area contributed by atoms with Gasteiger partial charge in [-0.3, -0.25) is 0 Å². The number of carbonyl (C=O) groups excluding carboxylic acids is 1. The summed E-state index contributed by atoms with van der Waals surface area (Å²) in [4.78, 5) is 11.1. The molecule has 0 aromatic heterocycles. The van der Waals surface area contributed by atoms with Gasteiger partial charge in [0.2, 0.25) is 0 Å². The van der Waals surface area contributed by atoms with Crippen LogP contribution in [0.2, 0.25) is 0 Å². The van der Waals surface area contributed by atoms with E-state index in [-0.39, 0.29) is 0 Å². The molecule has 2 heteroatoms. The molecule has 72 valence electrons. The van der Waals surface area contributed by atoms with Crippen LogP contribution in [0.25, 0.3) is 0 Å². The monoisotopic (exact) mass is 188 g/mol.